The van der Waals surface area contributed by atoms with E-state index in [1.807, 2.05) is 0 Å². The number of amides is 2. The van der Waals surface area contributed by atoms with Crippen molar-refractivity contribution < 1.29 is 27.9 Å². The summed E-state index contributed by atoms with van der Waals surface area (Å²) in [6, 6.07) is 6.60. The van der Waals surface area contributed by atoms with Gasteiger partial charge in [-0.15, -0.1) is 0 Å². The number of nitrogens with zero attached hydrogens (tertiary/aromatic N) is 2. The molecule has 1 unspecified atom stereocenters. The summed E-state index contributed by atoms with van der Waals surface area (Å²) in [5, 5.41) is 9.22. The molecule has 1 aromatic rings. The van der Waals surface area contributed by atoms with Crippen LogP contribution in [0.25, 0.3) is 0 Å². The molecule has 2 aliphatic heterocycles. The molecular formula is C18H22N2O6S. The lowest BCUT2D eigenvalue weighted by molar-refractivity contribution is -0.146. The molecule has 27 heavy (non-hydrogen) atoms. The smallest absolute Gasteiger partial charge is 0.310 e. The monoisotopic (exact) mass is 394 g/mol. The number of carboxylic acid groups (broad SMARTS) is 1. The molecule has 146 valence electrons. The minimum absolute atomic E-state index is 0.0247. The van der Waals surface area contributed by atoms with Crippen LogP contribution in [0.2, 0.25) is 0 Å². The van der Waals surface area contributed by atoms with E-state index in [-0.39, 0.29) is 50.0 Å². The summed E-state index contributed by atoms with van der Waals surface area (Å²) in [5.41, 5.74) is -0.298. The van der Waals surface area contributed by atoms with Gasteiger partial charge in [0.25, 0.3) is 11.8 Å². The van der Waals surface area contributed by atoms with Crippen LogP contribution < -0.4 is 0 Å². The quantitative estimate of drug-likeness (QED) is 0.549. The standard InChI is InChI=1S/C18H22N2O6S/c1-18(17(23)24)8-10-19(12-18)27(25,26)11-5-4-9-20-15(21)13-6-2-3-7-14(13)16(20)22/h2-3,6-7H,4-5,8-12H2,1H3,(H,23,24). The predicted molar refractivity (Wildman–Crippen MR) is 96.8 cm³/mol. The Morgan fingerprint density at radius 1 is 1.15 bits per heavy atom. The van der Waals surface area contributed by atoms with Crippen molar-refractivity contribution in [2.75, 3.05) is 25.4 Å². The first-order valence-electron chi connectivity index (χ1n) is 8.82. The Morgan fingerprint density at radius 2 is 1.74 bits per heavy atom. The highest BCUT2D eigenvalue weighted by Gasteiger charge is 2.44. The van der Waals surface area contributed by atoms with Crippen molar-refractivity contribution in [1.82, 2.24) is 9.21 Å². The summed E-state index contributed by atoms with van der Waals surface area (Å²) in [5.74, 6) is -1.83. The molecule has 1 saturated heterocycles. The van der Waals surface area contributed by atoms with E-state index in [9.17, 15) is 27.9 Å². The lowest BCUT2D eigenvalue weighted by atomic mass is 9.90. The van der Waals surface area contributed by atoms with Crippen LogP contribution in [-0.2, 0) is 14.8 Å². The first kappa shape index (κ1) is 19.5. The number of hydrogen-bond acceptors (Lipinski definition) is 5. The van der Waals surface area contributed by atoms with Gasteiger partial charge in [0.2, 0.25) is 10.0 Å². The van der Waals surface area contributed by atoms with Crippen LogP contribution in [0.5, 0.6) is 0 Å². The summed E-state index contributed by atoms with van der Waals surface area (Å²) in [4.78, 5) is 36.9. The van der Waals surface area contributed by atoms with Gasteiger partial charge in [-0.1, -0.05) is 12.1 Å². The van der Waals surface area contributed by atoms with Crippen LogP contribution in [0.3, 0.4) is 0 Å². The van der Waals surface area contributed by atoms with Crippen LogP contribution in [0.1, 0.15) is 46.9 Å². The SMILES string of the molecule is CC1(C(=O)O)CCN(S(=O)(=O)CCCCN2C(=O)c3ccccc3C2=O)C1. The average molecular weight is 394 g/mol. The predicted octanol–water partition coefficient (Wildman–Crippen LogP) is 1.19. The lowest BCUT2D eigenvalue weighted by Crippen LogP contribution is -2.36. The number of unbranched alkanes of at least 4 members (excludes halogenated alkanes) is 1. The molecule has 1 fully saturated rings. The molecule has 8 nitrogen and oxygen atoms in total. The summed E-state index contributed by atoms with van der Waals surface area (Å²) in [7, 11) is -3.56. The van der Waals surface area contributed by atoms with E-state index in [4.69, 9.17) is 0 Å². The van der Waals surface area contributed by atoms with E-state index >= 15 is 0 Å². The van der Waals surface area contributed by atoms with Crippen LogP contribution >= 0.6 is 0 Å². The molecule has 0 radical (unpaired) electrons. The number of fused-ring (bicyclic) bond motifs is 1. The molecule has 0 bridgehead atoms. The van der Waals surface area contributed by atoms with Crippen molar-refractivity contribution >= 4 is 27.8 Å². The van der Waals surface area contributed by atoms with Gasteiger partial charge in [0.05, 0.1) is 22.3 Å². The molecule has 2 aliphatic rings. The molecule has 2 amide bonds. The second-order valence-electron chi connectivity index (χ2n) is 7.28. The normalized spacial score (nSPS) is 23.1. The third-order valence-electron chi connectivity index (χ3n) is 5.26. The first-order valence-corrected chi connectivity index (χ1v) is 10.4. The van der Waals surface area contributed by atoms with Gasteiger partial charge in [-0.25, -0.2) is 12.7 Å². The number of carbonyl (C=O) groups is 3. The molecular weight excluding hydrogens is 372 g/mol. The third-order valence-corrected chi connectivity index (χ3v) is 7.16. The van der Waals surface area contributed by atoms with Crippen molar-refractivity contribution in [3.8, 4) is 0 Å². The topological polar surface area (TPSA) is 112 Å². The Morgan fingerprint density at radius 3 is 2.26 bits per heavy atom. The fourth-order valence-corrected chi connectivity index (χ4v) is 5.13. The third kappa shape index (κ3) is 3.61. The summed E-state index contributed by atoms with van der Waals surface area (Å²) in [6.45, 7) is 1.88. The summed E-state index contributed by atoms with van der Waals surface area (Å²) in [6.07, 6.45) is 0.946. The molecule has 9 heteroatoms. The summed E-state index contributed by atoms with van der Waals surface area (Å²) < 4.78 is 26.1. The van der Waals surface area contributed by atoms with Crippen molar-refractivity contribution in [3.63, 3.8) is 0 Å². The maximum atomic E-state index is 12.4. The van der Waals surface area contributed by atoms with Crippen LogP contribution in [0.4, 0.5) is 0 Å². The fraction of sp³-hybridized carbons (Fsp3) is 0.500. The van der Waals surface area contributed by atoms with Crippen molar-refractivity contribution in [2.24, 2.45) is 5.41 Å². The number of carbonyl (C=O) groups excluding carboxylic acids is 2. The average Bonchev–Trinajstić information content (AvgIpc) is 3.14. The maximum absolute atomic E-state index is 12.4. The molecule has 1 N–H and O–H groups in total. The van der Waals surface area contributed by atoms with E-state index in [1.54, 1.807) is 31.2 Å². The Hall–Kier alpha value is -2.26. The molecule has 0 aromatic heterocycles. The number of benzene rings is 1. The van der Waals surface area contributed by atoms with Gasteiger partial charge < -0.3 is 5.11 Å². The van der Waals surface area contributed by atoms with Crippen LogP contribution in [-0.4, -0.2) is 65.9 Å². The molecule has 2 heterocycles. The van der Waals surface area contributed by atoms with Gasteiger partial charge in [0.1, 0.15) is 0 Å². The number of imide groups is 1. The zero-order valence-corrected chi connectivity index (χ0v) is 15.9. The van der Waals surface area contributed by atoms with E-state index in [2.05, 4.69) is 0 Å². The second-order valence-corrected chi connectivity index (χ2v) is 9.37. The molecule has 0 saturated carbocycles. The number of sulfonamides is 1. The van der Waals surface area contributed by atoms with Gasteiger partial charge in [0.15, 0.2) is 0 Å². The fourth-order valence-electron chi connectivity index (χ4n) is 3.46. The van der Waals surface area contributed by atoms with Gasteiger partial charge >= 0.3 is 5.97 Å². The first-order chi connectivity index (χ1) is 12.7. The zero-order chi connectivity index (χ0) is 19.8. The van der Waals surface area contributed by atoms with Crippen molar-refractivity contribution in [2.45, 2.75) is 26.2 Å². The highest BCUT2D eigenvalue weighted by molar-refractivity contribution is 7.89. The number of hydrogen-bond donors (Lipinski definition) is 1. The minimum atomic E-state index is -3.56. The molecule has 1 atom stereocenters. The van der Waals surface area contributed by atoms with Crippen LogP contribution in [0, 0.1) is 5.41 Å². The number of carboxylic acids is 1. The van der Waals surface area contributed by atoms with Crippen LogP contribution in [0.15, 0.2) is 24.3 Å². The van der Waals surface area contributed by atoms with E-state index in [1.165, 1.54) is 4.31 Å². The number of rotatable bonds is 7. The largest absolute Gasteiger partial charge is 0.481 e. The molecule has 3 rings (SSSR count). The van der Waals surface area contributed by atoms with E-state index in [0.717, 1.165) is 4.90 Å². The van der Waals surface area contributed by atoms with Gasteiger partial charge in [-0.05, 0) is 38.3 Å². The van der Waals surface area contributed by atoms with E-state index in [0.29, 0.717) is 17.5 Å². The lowest BCUT2D eigenvalue weighted by Gasteiger charge is -2.20. The van der Waals surface area contributed by atoms with Crippen molar-refractivity contribution in [1.29, 1.82) is 0 Å². The maximum Gasteiger partial charge on any atom is 0.310 e. The molecule has 1 aromatic carbocycles. The highest BCUT2D eigenvalue weighted by Crippen LogP contribution is 2.32. The zero-order valence-electron chi connectivity index (χ0n) is 15.1. The minimum Gasteiger partial charge on any atom is -0.481 e. The Labute approximate surface area is 157 Å². The Kier molecular flexibility index (Phi) is 5.09. The Bertz CT molecular complexity index is 862. The van der Waals surface area contributed by atoms with Gasteiger partial charge in [-0.2, -0.15) is 0 Å². The highest BCUT2D eigenvalue weighted by atomic mass is 32.2. The number of aliphatic carboxylic acids is 1. The van der Waals surface area contributed by atoms with Gasteiger partial charge in [-0.3, -0.25) is 19.3 Å². The van der Waals surface area contributed by atoms with Crippen molar-refractivity contribution in [3.05, 3.63) is 35.4 Å². The van der Waals surface area contributed by atoms with Gasteiger partial charge in [0, 0.05) is 19.6 Å². The summed E-state index contributed by atoms with van der Waals surface area (Å²) >= 11 is 0. The molecule has 0 aliphatic carbocycles. The Balaban J connectivity index is 1.52. The second kappa shape index (κ2) is 7.05. The van der Waals surface area contributed by atoms with E-state index < -0.39 is 21.4 Å². The molecule has 0 spiro atoms.